The SMILES string of the molecule is C=CC1CCCC(=O)OC1=O. The van der Waals surface area contributed by atoms with Crippen molar-refractivity contribution in [2.75, 3.05) is 0 Å². The number of carbonyl (C=O) groups is 2. The van der Waals surface area contributed by atoms with E-state index >= 15 is 0 Å². The van der Waals surface area contributed by atoms with Crippen LogP contribution in [0.5, 0.6) is 0 Å². The Balaban J connectivity index is 2.64. The lowest BCUT2D eigenvalue weighted by Gasteiger charge is -2.03. The zero-order valence-electron chi connectivity index (χ0n) is 6.21. The predicted octanol–water partition coefficient (Wildman–Crippen LogP) is 1.04. The van der Waals surface area contributed by atoms with E-state index in [0.29, 0.717) is 19.3 Å². The molecule has 0 aliphatic carbocycles. The van der Waals surface area contributed by atoms with Gasteiger partial charge >= 0.3 is 11.9 Å². The van der Waals surface area contributed by atoms with E-state index in [2.05, 4.69) is 11.3 Å². The molecule has 1 unspecified atom stereocenters. The summed E-state index contributed by atoms with van der Waals surface area (Å²) in [5, 5.41) is 0. The Kier molecular flexibility index (Phi) is 2.41. The molecule has 1 fully saturated rings. The van der Waals surface area contributed by atoms with Crippen molar-refractivity contribution >= 4 is 11.9 Å². The maximum atomic E-state index is 10.9. The number of carbonyl (C=O) groups excluding carboxylic acids is 2. The van der Waals surface area contributed by atoms with Gasteiger partial charge in [0.1, 0.15) is 0 Å². The van der Waals surface area contributed by atoms with Gasteiger partial charge in [-0.2, -0.15) is 0 Å². The second-order valence-corrected chi connectivity index (χ2v) is 2.53. The molecule has 3 heteroatoms. The first kappa shape index (κ1) is 7.98. The molecule has 1 rings (SSSR count). The van der Waals surface area contributed by atoms with Crippen LogP contribution in [0.2, 0.25) is 0 Å². The first-order chi connectivity index (χ1) is 5.24. The largest absolute Gasteiger partial charge is 0.393 e. The number of hydrogen-bond donors (Lipinski definition) is 0. The van der Waals surface area contributed by atoms with Crippen LogP contribution < -0.4 is 0 Å². The van der Waals surface area contributed by atoms with Gasteiger partial charge in [-0.05, 0) is 12.8 Å². The maximum absolute atomic E-state index is 10.9. The van der Waals surface area contributed by atoms with Crippen LogP contribution in [-0.4, -0.2) is 11.9 Å². The molecule has 11 heavy (non-hydrogen) atoms. The van der Waals surface area contributed by atoms with Gasteiger partial charge in [-0.25, -0.2) is 0 Å². The minimum atomic E-state index is -0.456. The van der Waals surface area contributed by atoms with Gasteiger partial charge in [0, 0.05) is 6.42 Å². The summed E-state index contributed by atoms with van der Waals surface area (Å²) < 4.78 is 4.47. The normalized spacial score (nSPS) is 25.6. The summed E-state index contributed by atoms with van der Waals surface area (Å²) in [6, 6.07) is 0. The summed E-state index contributed by atoms with van der Waals surface area (Å²) in [5.41, 5.74) is 0. The van der Waals surface area contributed by atoms with Crippen LogP contribution in [-0.2, 0) is 14.3 Å². The van der Waals surface area contributed by atoms with Crippen molar-refractivity contribution in [3.63, 3.8) is 0 Å². The molecule has 0 aromatic carbocycles. The van der Waals surface area contributed by atoms with Crippen molar-refractivity contribution in [3.05, 3.63) is 12.7 Å². The maximum Gasteiger partial charge on any atom is 0.320 e. The molecule has 1 aliphatic rings. The fraction of sp³-hybridized carbons (Fsp3) is 0.500. The molecule has 1 heterocycles. The second kappa shape index (κ2) is 3.32. The Bertz CT molecular complexity index is 196. The lowest BCUT2D eigenvalue weighted by atomic mass is 10.0. The highest BCUT2D eigenvalue weighted by Crippen LogP contribution is 2.16. The van der Waals surface area contributed by atoms with E-state index in [1.54, 1.807) is 0 Å². The van der Waals surface area contributed by atoms with Crippen molar-refractivity contribution in [3.8, 4) is 0 Å². The zero-order valence-corrected chi connectivity index (χ0v) is 6.21. The van der Waals surface area contributed by atoms with Crippen LogP contribution in [0.3, 0.4) is 0 Å². The third kappa shape index (κ3) is 1.90. The highest BCUT2D eigenvalue weighted by molar-refractivity contribution is 5.88. The van der Waals surface area contributed by atoms with Gasteiger partial charge in [0.2, 0.25) is 0 Å². The Labute approximate surface area is 65.0 Å². The fourth-order valence-electron chi connectivity index (χ4n) is 1.04. The molecular formula is C8H10O3. The van der Waals surface area contributed by atoms with Gasteiger partial charge in [0.05, 0.1) is 5.92 Å². The lowest BCUT2D eigenvalue weighted by Crippen LogP contribution is -2.15. The van der Waals surface area contributed by atoms with Crippen LogP contribution >= 0.6 is 0 Å². The van der Waals surface area contributed by atoms with E-state index in [9.17, 15) is 9.59 Å². The number of ether oxygens (including phenoxy) is 1. The molecule has 0 aromatic rings. The predicted molar refractivity (Wildman–Crippen MR) is 38.6 cm³/mol. The van der Waals surface area contributed by atoms with Crippen LogP contribution in [0.25, 0.3) is 0 Å². The summed E-state index contributed by atoms with van der Waals surface area (Å²) in [5.74, 6) is -1.16. The molecule has 0 radical (unpaired) electrons. The Morgan fingerprint density at radius 2 is 2.27 bits per heavy atom. The summed E-state index contributed by atoms with van der Waals surface area (Å²) in [6.45, 7) is 3.49. The molecule has 1 saturated heterocycles. The number of cyclic esters (lactones) is 2. The number of rotatable bonds is 1. The zero-order chi connectivity index (χ0) is 8.27. The quantitative estimate of drug-likeness (QED) is 0.322. The van der Waals surface area contributed by atoms with Crippen molar-refractivity contribution < 1.29 is 14.3 Å². The Morgan fingerprint density at radius 1 is 1.55 bits per heavy atom. The summed E-state index contributed by atoms with van der Waals surface area (Å²) in [7, 11) is 0. The summed E-state index contributed by atoms with van der Waals surface area (Å²) in [4.78, 5) is 21.6. The van der Waals surface area contributed by atoms with Gasteiger partial charge in [0.25, 0.3) is 0 Å². The third-order valence-electron chi connectivity index (χ3n) is 1.70. The summed E-state index contributed by atoms with van der Waals surface area (Å²) >= 11 is 0. The van der Waals surface area contributed by atoms with Gasteiger partial charge in [-0.15, -0.1) is 6.58 Å². The molecule has 1 aliphatic heterocycles. The second-order valence-electron chi connectivity index (χ2n) is 2.53. The average Bonchev–Trinajstić information content (AvgIpc) is 2.11. The molecule has 0 bridgehead atoms. The topological polar surface area (TPSA) is 43.4 Å². The van der Waals surface area contributed by atoms with E-state index in [4.69, 9.17) is 0 Å². The third-order valence-corrected chi connectivity index (χ3v) is 1.70. The monoisotopic (exact) mass is 154 g/mol. The van der Waals surface area contributed by atoms with E-state index in [1.165, 1.54) is 6.08 Å². The molecule has 0 aromatic heterocycles. The van der Waals surface area contributed by atoms with E-state index in [0.717, 1.165) is 0 Å². The highest BCUT2D eigenvalue weighted by Gasteiger charge is 2.23. The van der Waals surface area contributed by atoms with E-state index in [1.807, 2.05) is 0 Å². The van der Waals surface area contributed by atoms with Gasteiger partial charge in [-0.3, -0.25) is 9.59 Å². The summed E-state index contributed by atoms with van der Waals surface area (Å²) in [6.07, 6.45) is 3.26. The smallest absolute Gasteiger partial charge is 0.320 e. The lowest BCUT2D eigenvalue weighted by molar-refractivity contribution is -0.160. The molecule has 3 nitrogen and oxygen atoms in total. The van der Waals surface area contributed by atoms with Crippen molar-refractivity contribution in [2.45, 2.75) is 19.3 Å². The molecular weight excluding hydrogens is 144 g/mol. The minimum Gasteiger partial charge on any atom is -0.393 e. The molecule has 0 N–H and O–H groups in total. The van der Waals surface area contributed by atoms with Crippen LogP contribution in [0.4, 0.5) is 0 Å². The van der Waals surface area contributed by atoms with Crippen LogP contribution in [0.1, 0.15) is 19.3 Å². The van der Waals surface area contributed by atoms with Gasteiger partial charge < -0.3 is 4.74 Å². The first-order valence-corrected chi connectivity index (χ1v) is 3.61. The Hall–Kier alpha value is -1.12. The van der Waals surface area contributed by atoms with Crippen molar-refractivity contribution in [2.24, 2.45) is 5.92 Å². The molecule has 1 atom stereocenters. The standard InChI is InChI=1S/C8H10O3/c1-2-6-4-3-5-7(9)11-8(6)10/h2,6H,1,3-5H2. The van der Waals surface area contributed by atoms with Crippen LogP contribution in [0.15, 0.2) is 12.7 Å². The Morgan fingerprint density at radius 3 is 2.91 bits per heavy atom. The fourth-order valence-corrected chi connectivity index (χ4v) is 1.04. The van der Waals surface area contributed by atoms with Gasteiger partial charge in [0.15, 0.2) is 0 Å². The van der Waals surface area contributed by atoms with E-state index < -0.39 is 11.9 Å². The molecule has 0 spiro atoms. The average molecular weight is 154 g/mol. The van der Waals surface area contributed by atoms with Crippen molar-refractivity contribution in [1.82, 2.24) is 0 Å². The molecule has 0 saturated carbocycles. The van der Waals surface area contributed by atoms with E-state index in [-0.39, 0.29) is 5.92 Å². The van der Waals surface area contributed by atoms with Crippen molar-refractivity contribution in [1.29, 1.82) is 0 Å². The highest BCUT2D eigenvalue weighted by atomic mass is 16.6. The minimum absolute atomic E-state index is 0.290. The first-order valence-electron chi connectivity index (χ1n) is 3.61. The van der Waals surface area contributed by atoms with Crippen LogP contribution in [0, 0.1) is 5.92 Å². The number of esters is 2. The molecule has 60 valence electrons. The molecule has 0 amide bonds. The van der Waals surface area contributed by atoms with Gasteiger partial charge in [-0.1, -0.05) is 6.08 Å². The number of hydrogen-bond acceptors (Lipinski definition) is 3.